The van der Waals surface area contributed by atoms with Crippen LogP contribution in [0.15, 0.2) is 12.2 Å². The van der Waals surface area contributed by atoms with E-state index >= 15 is 0 Å². The van der Waals surface area contributed by atoms with Crippen molar-refractivity contribution in [1.82, 2.24) is 0 Å². The standard InChI is InChI=1S/C13H22O4/c1-8(2)9(3)13(4,5)10(11(14)16-6)12(15)17-7/h9-10H,1H2,2-7H3. The molecule has 0 spiro atoms. The summed E-state index contributed by atoms with van der Waals surface area (Å²) >= 11 is 0. The average molecular weight is 242 g/mol. The molecule has 0 rings (SSSR count). The van der Waals surface area contributed by atoms with Crippen molar-refractivity contribution in [2.24, 2.45) is 17.3 Å². The lowest BCUT2D eigenvalue weighted by atomic mass is 9.67. The second kappa shape index (κ2) is 5.84. The van der Waals surface area contributed by atoms with E-state index in [0.717, 1.165) is 5.57 Å². The van der Waals surface area contributed by atoms with Gasteiger partial charge < -0.3 is 9.47 Å². The maximum absolute atomic E-state index is 11.7. The molecule has 0 aliphatic carbocycles. The van der Waals surface area contributed by atoms with Gasteiger partial charge >= 0.3 is 11.9 Å². The van der Waals surface area contributed by atoms with Crippen LogP contribution in [-0.2, 0) is 19.1 Å². The lowest BCUT2D eigenvalue weighted by Crippen LogP contribution is -2.42. The molecule has 0 heterocycles. The molecule has 4 nitrogen and oxygen atoms in total. The average Bonchev–Trinajstić information content (AvgIpc) is 2.26. The van der Waals surface area contributed by atoms with E-state index in [9.17, 15) is 9.59 Å². The number of hydrogen-bond acceptors (Lipinski definition) is 4. The summed E-state index contributed by atoms with van der Waals surface area (Å²) in [6.07, 6.45) is 0. The highest BCUT2D eigenvalue weighted by molar-refractivity contribution is 5.95. The van der Waals surface area contributed by atoms with Gasteiger partial charge in [-0.25, -0.2) is 0 Å². The van der Waals surface area contributed by atoms with Gasteiger partial charge in [0.2, 0.25) is 0 Å². The van der Waals surface area contributed by atoms with E-state index in [1.54, 1.807) is 0 Å². The van der Waals surface area contributed by atoms with E-state index in [1.807, 2.05) is 27.7 Å². The van der Waals surface area contributed by atoms with E-state index in [2.05, 4.69) is 16.1 Å². The molecule has 0 aliphatic rings. The maximum atomic E-state index is 11.7. The fraction of sp³-hybridized carbons (Fsp3) is 0.692. The van der Waals surface area contributed by atoms with Gasteiger partial charge in [0.05, 0.1) is 14.2 Å². The number of methoxy groups -OCH3 is 2. The van der Waals surface area contributed by atoms with Crippen molar-refractivity contribution in [2.45, 2.75) is 27.7 Å². The van der Waals surface area contributed by atoms with Crippen LogP contribution in [0.5, 0.6) is 0 Å². The van der Waals surface area contributed by atoms with Gasteiger partial charge in [-0.2, -0.15) is 0 Å². The Kier molecular flexibility index (Phi) is 5.39. The van der Waals surface area contributed by atoms with Gasteiger partial charge in [0.1, 0.15) is 0 Å². The minimum Gasteiger partial charge on any atom is -0.468 e. The van der Waals surface area contributed by atoms with Gasteiger partial charge in [-0.15, -0.1) is 0 Å². The molecule has 0 aromatic carbocycles. The zero-order valence-corrected chi connectivity index (χ0v) is 11.5. The molecule has 0 aliphatic heterocycles. The van der Waals surface area contributed by atoms with Crippen LogP contribution in [0, 0.1) is 17.3 Å². The summed E-state index contributed by atoms with van der Waals surface area (Å²) in [5, 5.41) is 0. The third kappa shape index (κ3) is 3.32. The molecule has 0 radical (unpaired) electrons. The second-order valence-electron chi connectivity index (χ2n) is 4.87. The molecule has 0 saturated heterocycles. The van der Waals surface area contributed by atoms with E-state index in [0.29, 0.717) is 0 Å². The molecule has 98 valence electrons. The first kappa shape index (κ1) is 15.7. The Morgan fingerprint density at radius 1 is 1.12 bits per heavy atom. The first-order chi connectivity index (χ1) is 7.69. The minimum absolute atomic E-state index is 0.00861. The smallest absolute Gasteiger partial charge is 0.320 e. The zero-order chi connectivity index (χ0) is 13.8. The van der Waals surface area contributed by atoms with Crippen molar-refractivity contribution in [3.05, 3.63) is 12.2 Å². The molecular formula is C13H22O4. The third-order valence-corrected chi connectivity index (χ3v) is 3.47. The normalized spacial score (nSPS) is 13.1. The van der Waals surface area contributed by atoms with Crippen LogP contribution >= 0.6 is 0 Å². The topological polar surface area (TPSA) is 52.6 Å². The molecule has 4 heteroatoms. The summed E-state index contributed by atoms with van der Waals surface area (Å²) in [5.41, 5.74) is 0.305. The van der Waals surface area contributed by atoms with Gasteiger partial charge in [-0.1, -0.05) is 32.9 Å². The van der Waals surface area contributed by atoms with Crippen molar-refractivity contribution in [3.63, 3.8) is 0 Å². The Hall–Kier alpha value is -1.32. The van der Waals surface area contributed by atoms with Crippen molar-refractivity contribution < 1.29 is 19.1 Å². The lowest BCUT2D eigenvalue weighted by Gasteiger charge is -2.36. The Balaban J connectivity index is 5.36. The number of allylic oxidation sites excluding steroid dienone is 1. The summed E-state index contributed by atoms with van der Waals surface area (Å²) < 4.78 is 9.36. The molecule has 0 aromatic heterocycles. The summed E-state index contributed by atoms with van der Waals surface area (Å²) in [6, 6.07) is 0. The van der Waals surface area contributed by atoms with Crippen LogP contribution in [0.3, 0.4) is 0 Å². The SMILES string of the molecule is C=C(C)C(C)C(C)(C)C(C(=O)OC)C(=O)OC. The summed E-state index contributed by atoms with van der Waals surface area (Å²) in [5.74, 6) is -2.10. The lowest BCUT2D eigenvalue weighted by molar-refractivity contribution is -0.166. The monoisotopic (exact) mass is 242 g/mol. The van der Waals surface area contributed by atoms with Crippen LogP contribution in [-0.4, -0.2) is 26.2 Å². The van der Waals surface area contributed by atoms with Gasteiger partial charge in [0.15, 0.2) is 5.92 Å². The van der Waals surface area contributed by atoms with E-state index in [-0.39, 0.29) is 5.92 Å². The van der Waals surface area contributed by atoms with Crippen molar-refractivity contribution in [1.29, 1.82) is 0 Å². The number of hydrogen-bond donors (Lipinski definition) is 0. The quantitative estimate of drug-likeness (QED) is 0.421. The Labute approximate surface area is 103 Å². The summed E-state index contributed by atoms with van der Waals surface area (Å²) in [6.45, 7) is 11.4. The third-order valence-electron chi connectivity index (χ3n) is 3.47. The predicted octanol–water partition coefficient (Wildman–Crippen LogP) is 2.19. The fourth-order valence-corrected chi connectivity index (χ4v) is 1.82. The zero-order valence-electron chi connectivity index (χ0n) is 11.5. The molecule has 1 unspecified atom stereocenters. The van der Waals surface area contributed by atoms with Crippen molar-refractivity contribution in [3.8, 4) is 0 Å². The minimum atomic E-state index is -0.941. The van der Waals surface area contributed by atoms with E-state index in [1.165, 1.54) is 14.2 Å². The summed E-state index contributed by atoms with van der Waals surface area (Å²) in [4.78, 5) is 23.5. The Bertz CT molecular complexity index is 301. The number of carbonyl (C=O) groups is 2. The molecular weight excluding hydrogens is 220 g/mol. The molecule has 17 heavy (non-hydrogen) atoms. The fourth-order valence-electron chi connectivity index (χ4n) is 1.82. The number of rotatable bonds is 5. The van der Waals surface area contributed by atoms with Crippen LogP contribution < -0.4 is 0 Å². The van der Waals surface area contributed by atoms with Gasteiger partial charge in [-0.05, 0) is 18.3 Å². The Morgan fingerprint density at radius 3 is 1.71 bits per heavy atom. The van der Waals surface area contributed by atoms with Gasteiger partial charge in [0.25, 0.3) is 0 Å². The van der Waals surface area contributed by atoms with Crippen molar-refractivity contribution >= 4 is 11.9 Å². The van der Waals surface area contributed by atoms with Crippen molar-refractivity contribution in [2.75, 3.05) is 14.2 Å². The predicted molar refractivity (Wildman–Crippen MR) is 65.3 cm³/mol. The molecule has 1 atom stereocenters. The van der Waals surface area contributed by atoms with E-state index < -0.39 is 23.3 Å². The van der Waals surface area contributed by atoms with Gasteiger partial charge in [0, 0.05) is 0 Å². The summed E-state index contributed by atoms with van der Waals surface area (Å²) in [7, 11) is 2.53. The number of esters is 2. The molecule has 0 fully saturated rings. The second-order valence-corrected chi connectivity index (χ2v) is 4.87. The highest BCUT2D eigenvalue weighted by Crippen LogP contribution is 2.39. The largest absolute Gasteiger partial charge is 0.468 e. The molecule has 0 amide bonds. The molecule has 0 bridgehead atoms. The highest BCUT2D eigenvalue weighted by atomic mass is 16.5. The highest BCUT2D eigenvalue weighted by Gasteiger charge is 2.46. The molecule has 0 N–H and O–H groups in total. The van der Waals surface area contributed by atoms with Crippen LogP contribution in [0.1, 0.15) is 27.7 Å². The van der Waals surface area contributed by atoms with Crippen LogP contribution in [0.25, 0.3) is 0 Å². The Morgan fingerprint density at radius 2 is 1.47 bits per heavy atom. The first-order valence-corrected chi connectivity index (χ1v) is 5.51. The molecule has 0 saturated carbocycles. The van der Waals surface area contributed by atoms with Crippen LogP contribution in [0.4, 0.5) is 0 Å². The van der Waals surface area contributed by atoms with Gasteiger partial charge in [-0.3, -0.25) is 9.59 Å². The van der Waals surface area contributed by atoms with Crippen LogP contribution in [0.2, 0.25) is 0 Å². The molecule has 0 aromatic rings. The van der Waals surface area contributed by atoms with E-state index in [4.69, 9.17) is 0 Å². The first-order valence-electron chi connectivity index (χ1n) is 5.51. The maximum Gasteiger partial charge on any atom is 0.320 e. The number of ether oxygens (including phenoxy) is 2. The number of carbonyl (C=O) groups excluding carboxylic acids is 2.